The normalized spacial score (nSPS) is 13.4. The number of H-pyrrole nitrogens is 1. The fourth-order valence-electron chi connectivity index (χ4n) is 1.35. The third kappa shape index (κ3) is 5.26. The van der Waals surface area contributed by atoms with Crippen molar-refractivity contribution in [3.05, 3.63) is 18.2 Å². The van der Waals surface area contributed by atoms with Crippen LogP contribution in [0.3, 0.4) is 0 Å². The quantitative estimate of drug-likeness (QED) is 0.850. The van der Waals surface area contributed by atoms with E-state index in [2.05, 4.69) is 36.1 Å². The third-order valence-corrected chi connectivity index (χ3v) is 3.50. The van der Waals surface area contributed by atoms with E-state index in [1.165, 1.54) is 0 Å². The molecule has 96 valence electrons. The van der Waals surface area contributed by atoms with Gasteiger partial charge in [-0.05, 0) is 6.42 Å². The van der Waals surface area contributed by atoms with Crippen molar-refractivity contribution in [1.82, 2.24) is 15.3 Å². The number of hydrogen-bond acceptors (Lipinski definition) is 3. The van der Waals surface area contributed by atoms with Gasteiger partial charge in [0.05, 0.1) is 11.8 Å². The zero-order valence-electron chi connectivity index (χ0n) is 10.9. The van der Waals surface area contributed by atoms with Crippen molar-refractivity contribution in [2.24, 2.45) is 0 Å². The number of carbonyl (C=O) groups excluding carboxylic acids is 1. The van der Waals surface area contributed by atoms with Crippen LogP contribution in [0.5, 0.6) is 0 Å². The second-order valence-corrected chi connectivity index (χ2v) is 6.71. The first kappa shape index (κ1) is 14.1. The van der Waals surface area contributed by atoms with Gasteiger partial charge in [0.1, 0.15) is 5.82 Å². The molecule has 17 heavy (non-hydrogen) atoms. The van der Waals surface area contributed by atoms with Crippen molar-refractivity contribution < 1.29 is 4.79 Å². The lowest BCUT2D eigenvalue weighted by Crippen LogP contribution is -2.31. The Morgan fingerprint density at radius 1 is 1.59 bits per heavy atom. The molecule has 1 aromatic heterocycles. The lowest BCUT2D eigenvalue weighted by atomic mass is 10.2. The summed E-state index contributed by atoms with van der Waals surface area (Å²) in [6, 6.07) is -0.0157. The van der Waals surface area contributed by atoms with Crippen molar-refractivity contribution in [3.8, 4) is 0 Å². The maximum Gasteiger partial charge on any atom is 0.230 e. The molecule has 0 saturated carbocycles. The Balaban J connectivity index is 2.44. The van der Waals surface area contributed by atoms with E-state index in [0.717, 1.165) is 12.2 Å². The number of amides is 1. The highest BCUT2D eigenvalue weighted by molar-refractivity contribution is 8.01. The summed E-state index contributed by atoms with van der Waals surface area (Å²) in [4.78, 5) is 19.0. The summed E-state index contributed by atoms with van der Waals surface area (Å²) < 4.78 is 0.115. The highest BCUT2D eigenvalue weighted by atomic mass is 32.2. The van der Waals surface area contributed by atoms with Crippen LogP contribution in [0, 0.1) is 0 Å². The number of nitrogens with one attached hydrogen (secondary N) is 2. The van der Waals surface area contributed by atoms with Crippen molar-refractivity contribution in [2.45, 2.75) is 44.9 Å². The molecule has 0 spiro atoms. The zero-order chi connectivity index (χ0) is 12.9. The van der Waals surface area contributed by atoms with Crippen molar-refractivity contribution in [2.75, 3.05) is 5.75 Å². The van der Waals surface area contributed by atoms with E-state index in [4.69, 9.17) is 0 Å². The van der Waals surface area contributed by atoms with E-state index < -0.39 is 0 Å². The number of imidazole rings is 1. The fourth-order valence-corrected chi connectivity index (χ4v) is 2.00. The SMILES string of the molecule is CCC(NC(=O)CSC(C)(C)C)c1ncc[nH]1. The summed E-state index contributed by atoms with van der Waals surface area (Å²) in [7, 11) is 0. The first-order chi connectivity index (χ1) is 7.92. The molecule has 1 atom stereocenters. The van der Waals surface area contributed by atoms with E-state index in [0.29, 0.717) is 5.75 Å². The van der Waals surface area contributed by atoms with Gasteiger partial charge in [-0.25, -0.2) is 4.98 Å². The second-order valence-electron chi connectivity index (χ2n) is 4.90. The summed E-state index contributed by atoms with van der Waals surface area (Å²) in [5.41, 5.74) is 0. The average molecular weight is 255 g/mol. The molecule has 0 fully saturated rings. The fraction of sp³-hybridized carbons (Fsp3) is 0.667. The number of rotatable bonds is 5. The van der Waals surface area contributed by atoms with Crippen molar-refractivity contribution in [3.63, 3.8) is 0 Å². The van der Waals surface area contributed by atoms with E-state index >= 15 is 0 Å². The molecule has 2 N–H and O–H groups in total. The number of aromatic nitrogens is 2. The lowest BCUT2D eigenvalue weighted by molar-refractivity contribution is -0.119. The van der Waals surface area contributed by atoms with Crippen LogP contribution in [-0.4, -0.2) is 26.4 Å². The van der Waals surface area contributed by atoms with Crippen LogP contribution >= 0.6 is 11.8 Å². The van der Waals surface area contributed by atoms with Crippen LogP contribution in [0.4, 0.5) is 0 Å². The molecule has 1 rings (SSSR count). The summed E-state index contributed by atoms with van der Waals surface area (Å²) in [5, 5.41) is 2.99. The molecule has 0 saturated heterocycles. The molecule has 0 radical (unpaired) electrons. The van der Waals surface area contributed by atoms with Gasteiger partial charge in [0.15, 0.2) is 0 Å². The van der Waals surface area contributed by atoms with Crippen LogP contribution in [0.25, 0.3) is 0 Å². The zero-order valence-corrected chi connectivity index (χ0v) is 11.7. The second kappa shape index (κ2) is 6.10. The molecule has 0 aliphatic heterocycles. The van der Waals surface area contributed by atoms with Crippen molar-refractivity contribution >= 4 is 17.7 Å². The van der Waals surface area contributed by atoms with E-state index in [1.54, 1.807) is 24.2 Å². The van der Waals surface area contributed by atoms with Gasteiger partial charge < -0.3 is 10.3 Å². The number of nitrogens with zero attached hydrogens (tertiary/aromatic N) is 1. The molecule has 1 heterocycles. The van der Waals surface area contributed by atoms with Crippen LogP contribution in [0.1, 0.15) is 46.0 Å². The molecular weight excluding hydrogens is 234 g/mol. The van der Waals surface area contributed by atoms with Gasteiger partial charge in [-0.2, -0.15) is 0 Å². The Morgan fingerprint density at radius 3 is 2.76 bits per heavy atom. The van der Waals surface area contributed by atoms with Gasteiger partial charge in [0.2, 0.25) is 5.91 Å². The van der Waals surface area contributed by atoms with Gasteiger partial charge in [0.25, 0.3) is 0 Å². The number of carbonyl (C=O) groups is 1. The molecule has 0 aliphatic carbocycles. The maximum atomic E-state index is 11.8. The smallest absolute Gasteiger partial charge is 0.230 e. The Hall–Kier alpha value is -0.970. The maximum absolute atomic E-state index is 11.8. The van der Waals surface area contributed by atoms with E-state index in [9.17, 15) is 4.79 Å². The molecule has 4 nitrogen and oxygen atoms in total. The Labute approximate surface area is 107 Å². The Morgan fingerprint density at radius 2 is 2.29 bits per heavy atom. The molecule has 1 unspecified atom stereocenters. The standard InChI is InChI=1S/C12H21N3OS/c1-5-9(11-13-6-7-14-11)15-10(16)8-17-12(2,3)4/h6-7,9H,5,8H2,1-4H3,(H,13,14)(H,15,16). The third-order valence-electron chi connectivity index (χ3n) is 2.23. The van der Waals surface area contributed by atoms with Crippen LogP contribution in [-0.2, 0) is 4.79 Å². The monoisotopic (exact) mass is 255 g/mol. The summed E-state index contributed by atoms with van der Waals surface area (Å²) in [6.07, 6.45) is 4.31. The van der Waals surface area contributed by atoms with Gasteiger partial charge in [-0.15, -0.1) is 11.8 Å². The summed E-state index contributed by atoms with van der Waals surface area (Å²) in [5.74, 6) is 1.37. The lowest BCUT2D eigenvalue weighted by Gasteiger charge is -2.19. The molecular formula is C12H21N3OS. The van der Waals surface area contributed by atoms with E-state index in [1.807, 2.05) is 6.92 Å². The Bertz CT molecular complexity index is 343. The van der Waals surface area contributed by atoms with E-state index in [-0.39, 0.29) is 16.7 Å². The molecule has 0 aromatic carbocycles. The minimum absolute atomic E-state index is 0.0157. The molecule has 0 aliphatic rings. The van der Waals surface area contributed by atoms with Gasteiger partial charge in [0, 0.05) is 17.1 Å². The van der Waals surface area contributed by atoms with Crippen LogP contribution in [0.15, 0.2) is 12.4 Å². The minimum Gasteiger partial charge on any atom is -0.347 e. The highest BCUT2D eigenvalue weighted by Gasteiger charge is 2.17. The molecule has 1 amide bonds. The number of aromatic amines is 1. The largest absolute Gasteiger partial charge is 0.347 e. The van der Waals surface area contributed by atoms with Crippen LogP contribution in [0.2, 0.25) is 0 Å². The Kier molecular flexibility index (Phi) is 5.05. The van der Waals surface area contributed by atoms with Crippen molar-refractivity contribution in [1.29, 1.82) is 0 Å². The highest BCUT2D eigenvalue weighted by Crippen LogP contribution is 2.23. The summed E-state index contributed by atoms with van der Waals surface area (Å²) >= 11 is 1.65. The van der Waals surface area contributed by atoms with Gasteiger partial charge in [-0.1, -0.05) is 27.7 Å². The van der Waals surface area contributed by atoms with Crippen LogP contribution < -0.4 is 5.32 Å². The number of thioether (sulfide) groups is 1. The average Bonchev–Trinajstić information content (AvgIpc) is 2.75. The molecule has 5 heteroatoms. The number of hydrogen-bond donors (Lipinski definition) is 2. The summed E-state index contributed by atoms with van der Waals surface area (Å²) in [6.45, 7) is 8.35. The first-order valence-corrected chi connectivity index (χ1v) is 6.83. The minimum atomic E-state index is -0.0157. The van der Waals surface area contributed by atoms with Gasteiger partial charge in [-0.3, -0.25) is 4.79 Å². The molecule has 1 aromatic rings. The first-order valence-electron chi connectivity index (χ1n) is 5.85. The molecule has 0 bridgehead atoms. The van der Waals surface area contributed by atoms with Gasteiger partial charge >= 0.3 is 0 Å². The predicted molar refractivity (Wildman–Crippen MR) is 72.0 cm³/mol. The topological polar surface area (TPSA) is 57.8 Å². The predicted octanol–water partition coefficient (Wildman–Crippen LogP) is 2.51.